The van der Waals surface area contributed by atoms with Crippen molar-refractivity contribution in [1.29, 1.82) is 0 Å². The van der Waals surface area contributed by atoms with Crippen molar-refractivity contribution < 1.29 is 9.59 Å². The van der Waals surface area contributed by atoms with Crippen molar-refractivity contribution in [2.24, 2.45) is 0 Å². The van der Waals surface area contributed by atoms with Gasteiger partial charge in [0.1, 0.15) is 0 Å². The number of hydrogen-bond acceptors (Lipinski definition) is 4. The van der Waals surface area contributed by atoms with Crippen LogP contribution in [0.4, 0.5) is 0 Å². The van der Waals surface area contributed by atoms with E-state index in [1.54, 1.807) is 0 Å². The minimum absolute atomic E-state index is 0.0852. The standard InChI is InChI=1S/C13H21NO2S2/c1-7(2)14-12(15)10(17-8(3)4)11(13(14)16)18-9(5)6/h7-9H,1-6H3. The number of carbonyl (C=O) groups excluding carboxylic acids is 2. The lowest BCUT2D eigenvalue weighted by atomic mass is 10.3. The molecule has 0 N–H and O–H groups in total. The van der Waals surface area contributed by atoms with Gasteiger partial charge in [0.2, 0.25) is 0 Å². The van der Waals surface area contributed by atoms with Gasteiger partial charge in [-0.2, -0.15) is 0 Å². The van der Waals surface area contributed by atoms with Gasteiger partial charge in [0.05, 0.1) is 9.81 Å². The highest BCUT2D eigenvalue weighted by atomic mass is 32.2. The Morgan fingerprint density at radius 3 is 1.33 bits per heavy atom. The zero-order valence-electron chi connectivity index (χ0n) is 11.8. The van der Waals surface area contributed by atoms with Gasteiger partial charge >= 0.3 is 0 Å². The molecule has 3 nitrogen and oxygen atoms in total. The highest BCUT2D eigenvalue weighted by Gasteiger charge is 2.40. The van der Waals surface area contributed by atoms with Crippen molar-refractivity contribution in [3.8, 4) is 0 Å². The van der Waals surface area contributed by atoms with Crippen LogP contribution in [0.15, 0.2) is 9.81 Å². The molecule has 1 aliphatic heterocycles. The first kappa shape index (κ1) is 15.6. The van der Waals surface area contributed by atoms with E-state index >= 15 is 0 Å². The van der Waals surface area contributed by atoms with E-state index in [-0.39, 0.29) is 17.9 Å². The highest BCUT2D eigenvalue weighted by Crippen LogP contribution is 2.40. The Labute approximate surface area is 118 Å². The van der Waals surface area contributed by atoms with Gasteiger partial charge < -0.3 is 0 Å². The summed E-state index contributed by atoms with van der Waals surface area (Å²) in [6.07, 6.45) is 0. The summed E-state index contributed by atoms with van der Waals surface area (Å²) >= 11 is 2.98. The molecule has 1 heterocycles. The van der Waals surface area contributed by atoms with Crippen molar-refractivity contribution in [2.45, 2.75) is 58.1 Å². The SMILES string of the molecule is CC(C)SC1=C(SC(C)C)C(=O)N(C(C)C)C1=O. The number of rotatable bonds is 5. The summed E-state index contributed by atoms with van der Waals surface area (Å²) in [7, 11) is 0. The van der Waals surface area contributed by atoms with Gasteiger partial charge in [0.25, 0.3) is 11.8 Å². The predicted molar refractivity (Wildman–Crippen MR) is 79.5 cm³/mol. The van der Waals surface area contributed by atoms with Gasteiger partial charge in [0, 0.05) is 16.5 Å². The van der Waals surface area contributed by atoms with Crippen molar-refractivity contribution in [3.05, 3.63) is 9.81 Å². The number of amides is 2. The Balaban J connectivity index is 3.11. The topological polar surface area (TPSA) is 37.4 Å². The van der Waals surface area contributed by atoms with E-state index < -0.39 is 0 Å². The first-order valence-electron chi connectivity index (χ1n) is 6.21. The van der Waals surface area contributed by atoms with Crippen molar-refractivity contribution in [1.82, 2.24) is 4.90 Å². The quantitative estimate of drug-likeness (QED) is 0.727. The molecule has 18 heavy (non-hydrogen) atoms. The Kier molecular flexibility index (Phi) is 5.34. The molecule has 102 valence electrons. The summed E-state index contributed by atoms with van der Waals surface area (Å²) in [6, 6.07) is -0.0852. The Bertz CT molecular complexity index is 354. The lowest BCUT2D eigenvalue weighted by Gasteiger charge is -2.19. The van der Waals surface area contributed by atoms with E-state index in [0.29, 0.717) is 20.3 Å². The van der Waals surface area contributed by atoms with Crippen LogP contribution in [-0.4, -0.2) is 33.3 Å². The van der Waals surface area contributed by atoms with Gasteiger partial charge in [-0.25, -0.2) is 0 Å². The zero-order valence-corrected chi connectivity index (χ0v) is 13.4. The number of imide groups is 1. The monoisotopic (exact) mass is 287 g/mol. The van der Waals surface area contributed by atoms with Crippen LogP contribution in [-0.2, 0) is 9.59 Å². The second-order valence-electron chi connectivity index (χ2n) is 5.07. The largest absolute Gasteiger partial charge is 0.271 e. The fraction of sp³-hybridized carbons (Fsp3) is 0.692. The maximum Gasteiger partial charge on any atom is 0.268 e. The number of nitrogens with zero attached hydrogens (tertiary/aromatic N) is 1. The van der Waals surface area contributed by atoms with Gasteiger partial charge in [-0.15, -0.1) is 23.5 Å². The highest BCUT2D eigenvalue weighted by molar-refractivity contribution is 8.08. The van der Waals surface area contributed by atoms with Crippen LogP contribution in [0, 0.1) is 0 Å². The van der Waals surface area contributed by atoms with Crippen molar-refractivity contribution in [2.75, 3.05) is 0 Å². The maximum atomic E-state index is 12.3. The summed E-state index contributed by atoms with van der Waals surface area (Å²) in [6.45, 7) is 11.9. The Morgan fingerprint density at radius 2 is 1.11 bits per heavy atom. The summed E-state index contributed by atoms with van der Waals surface area (Å²) in [5, 5.41) is 0.596. The van der Waals surface area contributed by atoms with Crippen LogP contribution < -0.4 is 0 Å². The van der Waals surface area contributed by atoms with Crippen LogP contribution in [0.25, 0.3) is 0 Å². The van der Waals surface area contributed by atoms with Crippen LogP contribution >= 0.6 is 23.5 Å². The Hall–Kier alpha value is -0.420. The zero-order chi connectivity index (χ0) is 14.0. The van der Waals surface area contributed by atoms with Gasteiger partial charge in [0.15, 0.2) is 0 Å². The van der Waals surface area contributed by atoms with Crippen LogP contribution in [0.2, 0.25) is 0 Å². The lowest BCUT2D eigenvalue weighted by Crippen LogP contribution is -2.37. The van der Waals surface area contributed by atoms with Crippen LogP contribution in [0.1, 0.15) is 41.5 Å². The molecule has 0 unspecified atom stereocenters. The second kappa shape index (κ2) is 6.15. The molecule has 5 heteroatoms. The van der Waals surface area contributed by atoms with E-state index in [9.17, 15) is 9.59 Å². The first-order valence-corrected chi connectivity index (χ1v) is 7.97. The third-order valence-corrected chi connectivity index (χ3v) is 4.56. The molecule has 0 aromatic carbocycles. The average Bonchev–Trinajstić information content (AvgIpc) is 2.41. The number of thioether (sulfide) groups is 2. The minimum atomic E-state index is -0.128. The molecule has 0 fully saturated rings. The molecule has 1 rings (SSSR count). The molecule has 0 saturated heterocycles. The molecule has 0 spiro atoms. The Morgan fingerprint density at radius 1 is 0.778 bits per heavy atom. The molecule has 0 atom stereocenters. The predicted octanol–water partition coefficient (Wildman–Crippen LogP) is 3.26. The normalized spacial score (nSPS) is 17.1. The summed E-state index contributed by atoms with van der Waals surface area (Å²) in [5.41, 5.74) is 0. The molecular formula is C13H21NO2S2. The molecule has 1 aliphatic rings. The smallest absolute Gasteiger partial charge is 0.268 e. The van der Waals surface area contributed by atoms with E-state index in [1.807, 2.05) is 41.5 Å². The van der Waals surface area contributed by atoms with Crippen molar-refractivity contribution >= 4 is 35.3 Å². The molecule has 0 radical (unpaired) electrons. The number of hydrogen-bond donors (Lipinski definition) is 0. The van der Waals surface area contributed by atoms with Crippen molar-refractivity contribution in [3.63, 3.8) is 0 Å². The molecule has 0 bridgehead atoms. The fourth-order valence-corrected chi connectivity index (χ4v) is 3.67. The molecule has 0 aromatic heterocycles. The summed E-state index contributed by atoms with van der Waals surface area (Å²) in [5.74, 6) is -0.256. The third-order valence-electron chi connectivity index (χ3n) is 2.26. The van der Waals surface area contributed by atoms with Gasteiger partial charge in [-0.05, 0) is 13.8 Å². The van der Waals surface area contributed by atoms with Crippen LogP contribution in [0.3, 0.4) is 0 Å². The second-order valence-corrected chi connectivity index (χ2v) is 8.24. The first-order chi connectivity index (χ1) is 8.25. The molecule has 0 saturated carbocycles. The fourth-order valence-electron chi connectivity index (χ4n) is 1.65. The molecule has 0 aliphatic carbocycles. The van der Waals surface area contributed by atoms with E-state index in [2.05, 4.69) is 0 Å². The summed E-state index contributed by atoms with van der Waals surface area (Å²) in [4.78, 5) is 27.2. The van der Waals surface area contributed by atoms with Crippen LogP contribution in [0.5, 0.6) is 0 Å². The minimum Gasteiger partial charge on any atom is -0.271 e. The van der Waals surface area contributed by atoms with Gasteiger partial charge in [-0.1, -0.05) is 27.7 Å². The van der Waals surface area contributed by atoms with E-state index in [0.717, 1.165) is 0 Å². The molecule has 0 aromatic rings. The lowest BCUT2D eigenvalue weighted by molar-refractivity contribution is -0.138. The summed E-state index contributed by atoms with van der Waals surface area (Å²) < 4.78 is 0. The van der Waals surface area contributed by atoms with E-state index in [4.69, 9.17) is 0 Å². The van der Waals surface area contributed by atoms with E-state index in [1.165, 1.54) is 28.4 Å². The third kappa shape index (κ3) is 3.32. The maximum absolute atomic E-state index is 12.3. The molecular weight excluding hydrogens is 266 g/mol. The average molecular weight is 287 g/mol. The molecule has 2 amide bonds. The number of carbonyl (C=O) groups is 2. The van der Waals surface area contributed by atoms with Gasteiger partial charge in [-0.3, -0.25) is 14.5 Å².